The summed E-state index contributed by atoms with van der Waals surface area (Å²) >= 11 is 7.72. The molecule has 0 unspecified atom stereocenters. The molecule has 4 nitrogen and oxygen atoms in total. The molecule has 0 aromatic carbocycles. The first-order valence-corrected chi connectivity index (χ1v) is 7.66. The molecule has 1 aliphatic rings. The fourth-order valence-corrected chi connectivity index (χ4v) is 2.96. The summed E-state index contributed by atoms with van der Waals surface area (Å²) in [6.07, 6.45) is 2.08. The summed E-state index contributed by atoms with van der Waals surface area (Å²) in [6, 6.07) is 7.53. The highest BCUT2D eigenvalue weighted by atomic mass is 35.5. The van der Waals surface area contributed by atoms with E-state index in [1.54, 1.807) is 23.5 Å². The van der Waals surface area contributed by atoms with E-state index in [0.29, 0.717) is 23.4 Å². The van der Waals surface area contributed by atoms with Crippen molar-refractivity contribution in [2.45, 2.75) is 25.4 Å². The van der Waals surface area contributed by atoms with Crippen molar-refractivity contribution in [3.8, 4) is 0 Å². The van der Waals surface area contributed by atoms with Crippen molar-refractivity contribution in [2.24, 2.45) is 0 Å². The largest absolute Gasteiger partial charge is 0.384 e. The monoisotopic (exact) mass is 307 g/mol. The molecule has 0 spiro atoms. The average molecular weight is 308 g/mol. The Morgan fingerprint density at radius 3 is 2.90 bits per heavy atom. The lowest BCUT2D eigenvalue weighted by Crippen LogP contribution is -2.33. The molecule has 1 aliphatic carbocycles. The first-order valence-electron chi connectivity index (χ1n) is 6.40. The summed E-state index contributed by atoms with van der Waals surface area (Å²) in [5.74, 6) is 0.169. The van der Waals surface area contributed by atoms with Gasteiger partial charge >= 0.3 is 0 Å². The lowest BCUT2D eigenvalue weighted by atomic mass is 10.3. The number of carbonyl (C=O) groups excluding carboxylic acids is 1. The molecule has 0 bridgehead atoms. The molecule has 3 rings (SSSR count). The Hall–Kier alpha value is -1.59. The Bertz CT molecular complexity index is 625. The maximum Gasteiger partial charge on any atom is 0.274 e. The van der Waals surface area contributed by atoms with Crippen LogP contribution < -0.4 is 5.73 Å². The van der Waals surface area contributed by atoms with Gasteiger partial charge in [0.2, 0.25) is 0 Å². The summed E-state index contributed by atoms with van der Waals surface area (Å²) in [5, 5.41) is 2.36. The molecular formula is C14H14ClN3OS. The number of aromatic nitrogens is 1. The van der Waals surface area contributed by atoms with Crippen LogP contribution in [0.5, 0.6) is 0 Å². The summed E-state index contributed by atoms with van der Waals surface area (Å²) in [5.41, 5.74) is 5.90. The van der Waals surface area contributed by atoms with Crippen molar-refractivity contribution in [3.05, 3.63) is 45.2 Å². The van der Waals surface area contributed by atoms with Crippen LogP contribution in [-0.2, 0) is 6.54 Å². The van der Waals surface area contributed by atoms with Crippen LogP contribution in [0.4, 0.5) is 5.82 Å². The van der Waals surface area contributed by atoms with E-state index in [0.717, 1.165) is 17.7 Å². The molecule has 2 heterocycles. The van der Waals surface area contributed by atoms with Crippen LogP contribution in [0.2, 0.25) is 5.02 Å². The van der Waals surface area contributed by atoms with Crippen molar-refractivity contribution in [2.75, 3.05) is 5.73 Å². The Balaban J connectivity index is 1.87. The average Bonchev–Trinajstić information content (AvgIpc) is 3.15. The van der Waals surface area contributed by atoms with Crippen LogP contribution in [0, 0.1) is 0 Å². The lowest BCUT2D eigenvalue weighted by Gasteiger charge is -2.21. The molecule has 0 atom stereocenters. The normalized spacial score (nSPS) is 14.2. The number of anilines is 1. The van der Waals surface area contributed by atoms with E-state index >= 15 is 0 Å². The summed E-state index contributed by atoms with van der Waals surface area (Å²) in [6.45, 7) is 0.605. The third-order valence-electron chi connectivity index (χ3n) is 3.22. The number of carbonyl (C=O) groups is 1. The number of hydrogen-bond donors (Lipinski definition) is 1. The van der Waals surface area contributed by atoms with Gasteiger partial charge in [-0.1, -0.05) is 17.7 Å². The number of amides is 1. The Morgan fingerprint density at radius 2 is 2.25 bits per heavy atom. The van der Waals surface area contributed by atoms with Crippen molar-refractivity contribution in [3.63, 3.8) is 0 Å². The smallest absolute Gasteiger partial charge is 0.274 e. The molecule has 0 radical (unpaired) electrons. The van der Waals surface area contributed by atoms with Gasteiger partial charge < -0.3 is 10.6 Å². The van der Waals surface area contributed by atoms with Crippen molar-refractivity contribution in [1.29, 1.82) is 0 Å². The molecule has 20 heavy (non-hydrogen) atoms. The van der Waals surface area contributed by atoms with Gasteiger partial charge in [-0.3, -0.25) is 4.79 Å². The van der Waals surface area contributed by atoms with Gasteiger partial charge in [-0.15, -0.1) is 11.3 Å². The number of pyridine rings is 1. The van der Waals surface area contributed by atoms with E-state index in [1.807, 2.05) is 22.4 Å². The van der Waals surface area contributed by atoms with Gasteiger partial charge in [0, 0.05) is 10.9 Å². The second-order valence-electron chi connectivity index (χ2n) is 4.81. The summed E-state index contributed by atoms with van der Waals surface area (Å²) in [7, 11) is 0. The maximum absolute atomic E-state index is 12.7. The molecule has 0 aliphatic heterocycles. The molecule has 2 N–H and O–H groups in total. The third-order valence-corrected chi connectivity index (χ3v) is 4.39. The maximum atomic E-state index is 12.7. The van der Waals surface area contributed by atoms with E-state index in [9.17, 15) is 4.79 Å². The van der Waals surface area contributed by atoms with Crippen LogP contribution in [0.3, 0.4) is 0 Å². The van der Waals surface area contributed by atoms with E-state index in [1.165, 1.54) is 0 Å². The van der Waals surface area contributed by atoms with Gasteiger partial charge in [0.05, 0.1) is 11.6 Å². The molecule has 104 valence electrons. The van der Waals surface area contributed by atoms with Gasteiger partial charge in [0.25, 0.3) is 5.91 Å². The minimum absolute atomic E-state index is 0.141. The molecule has 1 amide bonds. The molecular weight excluding hydrogens is 294 g/mol. The zero-order valence-corrected chi connectivity index (χ0v) is 12.3. The minimum atomic E-state index is -0.141. The van der Waals surface area contributed by atoms with E-state index in [4.69, 9.17) is 17.3 Å². The lowest BCUT2D eigenvalue weighted by molar-refractivity contribution is 0.0726. The number of thiophene rings is 1. The number of halogens is 1. The molecule has 6 heteroatoms. The zero-order valence-electron chi connectivity index (χ0n) is 10.8. The Labute approximate surface area is 126 Å². The van der Waals surface area contributed by atoms with Crippen molar-refractivity contribution >= 4 is 34.7 Å². The number of nitrogens with zero attached hydrogens (tertiary/aromatic N) is 2. The third kappa shape index (κ3) is 2.78. The SMILES string of the molecule is Nc1ccc(Cl)c(C(=O)N(Cc2cccs2)C2CC2)n1. The summed E-state index contributed by atoms with van der Waals surface area (Å²) < 4.78 is 0. The first-order chi connectivity index (χ1) is 9.65. The highest BCUT2D eigenvalue weighted by Crippen LogP contribution is 2.31. The van der Waals surface area contributed by atoms with Crippen molar-refractivity contribution in [1.82, 2.24) is 9.88 Å². The van der Waals surface area contributed by atoms with Crippen LogP contribution >= 0.6 is 22.9 Å². The van der Waals surface area contributed by atoms with E-state index in [2.05, 4.69) is 4.98 Å². The van der Waals surface area contributed by atoms with E-state index < -0.39 is 0 Å². The van der Waals surface area contributed by atoms with Crippen LogP contribution in [0.25, 0.3) is 0 Å². The number of hydrogen-bond acceptors (Lipinski definition) is 4. The first kappa shape index (κ1) is 13.4. The molecule has 2 aromatic heterocycles. The Kier molecular flexibility index (Phi) is 3.63. The molecule has 1 saturated carbocycles. The molecule has 2 aromatic rings. The van der Waals surface area contributed by atoms with Gasteiger partial charge in [-0.25, -0.2) is 4.98 Å². The van der Waals surface area contributed by atoms with E-state index in [-0.39, 0.29) is 11.6 Å². The number of nitrogen functional groups attached to an aromatic ring is 1. The fraction of sp³-hybridized carbons (Fsp3) is 0.286. The van der Waals surface area contributed by atoms with Crippen LogP contribution in [0.15, 0.2) is 29.6 Å². The number of nitrogens with two attached hydrogens (primary N) is 1. The highest BCUT2D eigenvalue weighted by molar-refractivity contribution is 7.09. The second kappa shape index (κ2) is 5.42. The minimum Gasteiger partial charge on any atom is -0.384 e. The topological polar surface area (TPSA) is 59.2 Å². The van der Waals surface area contributed by atoms with Crippen LogP contribution in [-0.4, -0.2) is 21.8 Å². The predicted molar refractivity (Wildman–Crippen MR) is 80.9 cm³/mol. The zero-order chi connectivity index (χ0) is 14.1. The van der Waals surface area contributed by atoms with Gasteiger partial charge in [0.15, 0.2) is 0 Å². The molecule has 1 fully saturated rings. The number of rotatable bonds is 4. The predicted octanol–water partition coefficient (Wildman–Crippen LogP) is 3.18. The van der Waals surface area contributed by atoms with Gasteiger partial charge in [-0.05, 0) is 36.4 Å². The quantitative estimate of drug-likeness (QED) is 0.943. The van der Waals surface area contributed by atoms with Gasteiger partial charge in [0.1, 0.15) is 11.5 Å². The summed E-state index contributed by atoms with van der Waals surface area (Å²) in [4.78, 5) is 19.7. The standard InChI is InChI=1S/C14H14ClN3OS/c15-11-5-6-12(16)17-13(11)14(19)18(9-3-4-9)8-10-2-1-7-20-10/h1-2,5-7,9H,3-4,8H2,(H2,16,17). The van der Waals surface area contributed by atoms with Crippen molar-refractivity contribution < 1.29 is 4.79 Å². The fourth-order valence-electron chi connectivity index (χ4n) is 2.07. The van der Waals surface area contributed by atoms with Crippen LogP contribution in [0.1, 0.15) is 28.2 Å². The van der Waals surface area contributed by atoms with Gasteiger partial charge in [-0.2, -0.15) is 0 Å². The Morgan fingerprint density at radius 1 is 1.45 bits per heavy atom. The second-order valence-corrected chi connectivity index (χ2v) is 6.25. The highest BCUT2D eigenvalue weighted by Gasteiger charge is 2.34. The molecule has 0 saturated heterocycles.